The molecule has 0 heterocycles. The Hall–Kier alpha value is -1.31. The van der Waals surface area contributed by atoms with Gasteiger partial charge in [-0.25, -0.2) is 0 Å². The quantitative estimate of drug-likeness (QED) is 0.533. The summed E-state index contributed by atoms with van der Waals surface area (Å²) >= 11 is 0. The van der Waals surface area contributed by atoms with Crippen LogP contribution < -0.4 is 5.43 Å². The van der Waals surface area contributed by atoms with Gasteiger partial charge in [-0.05, 0) is 19.4 Å². The highest BCUT2D eigenvalue weighted by Gasteiger charge is 1.92. The molecule has 12 heavy (non-hydrogen) atoms. The number of nitrogens with zero attached hydrogens (tertiary/aromatic N) is 1. The van der Waals surface area contributed by atoms with Crippen LogP contribution in [-0.2, 0) is 0 Å². The molecule has 0 aliphatic heterocycles. The molecular formula is C10H14N2. The molecule has 0 aromatic heterocycles. The van der Waals surface area contributed by atoms with Crippen molar-refractivity contribution in [3.63, 3.8) is 0 Å². The van der Waals surface area contributed by atoms with E-state index in [1.165, 1.54) is 5.56 Å². The van der Waals surface area contributed by atoms with Crippen molar-refractivity contribution in [1.82, 2.24) is 5.43 Å². The second kappa shape index (κ2) is 4.54. The van der Waals surface area contributed by atoms with E-state index in [-0.39, 0.29) is 0 Å². The lowest BCUT2D eigenvalue weighted by Gasteiger charge is -1.99. The summed E-state index contributed by atoms with van der Waals surface area (Å²) in [5, 5.41) is 4.18. The van der Waals surface area contributed by atoms with Gasteiger partial charge in [0.25, 0.3) is 0 Å². The fourth-order valence-corrected chi connectivity index (χ4v) is 0.942. The zero-order valence-corrected chi connectivity index (χ0v) is 7.54. The van der Waals surface area contributed by atoms with E-state index in [1.54, 1.807) is 0 Å². The van der Waals surface area contributed by atoms with Crippen LogP contribution in [0.3, 0.4) is 0 Å². The lowest BCUT2D eigenvalue weighted by molar-refractivity contribution is 0.783. The summed E-state index contributed by atoms with van der Waals surface area (Å²) in [4.78, 5) is 0. The van der Waals surface area contributed by atoms with E-state index in [0.717, 1.165) is 12.3 Å². The monoisotopic (exact) mass is 162 g/mol. The molecule has 1 N–H and O–H groups in total. The van der Waals surface area contributed by atoms with Crippen molar-refractivity contribution in [1.29, 1.82) is 0 Å². The fraction of sp³-hybridized carbons (Fsp3) is 0.300. The molecule has 2 heteroatoms. The van der Waals surface area contributed by atoms with Crippen LogP contribution in [0.1, 0.15) is 19.4 Å². The van der Waals surface area contributed by atoms with Gasteiger partial charge in [0, 0.05) is 6.54 Å². The minimum Gasteiger partial charge on any atom is -0.310 e. The van der Waals surface area contributed by atoms with Gasteiger partial charge in [0.2, 0.25) is 0 Å². The number of hydrogen-bond acceptors (Lipinski definition) is 2. The van der Waals surface area contributed by atoms with Gasteiger partial charge < -0.3 is 5.43 Å². The van der Waals surface area contributed by atoms with Crippen molar-refractivity contribution in [2.75, 3.05) is 6.54 Å². The molecular weight excluding hydrogens is 148 g/mol. The second-order valence-corrected chi connectivity index (χ2v) is 2.57. The van der Waals surface area contributed by atoms with Crippen LogP contribution >= 0.6 is 0 Å². The molecule has 1 aromatic rings. The van der Waals surface area contributed by atoms with Gasteiger partial charge in [-0.2, -0.15) is 5.10 Å². The zero-order valence-electron chi connectivity index (χ0n) is 7.54. The van der Waals surface area contributed by atoms with E-state index in [9.17, 15) is 0 Å². The van der Waals surface area contributed by atoms with Gasteiger partial charge in [0.1, 0.15) is 0 Å². The molecule has 2 nitrogen and oxygen atoms in total. The first-order valence-electron chi connectivity index (χ1n) is 4.17. The summed E-state index contributed by atoms with van der Waals surface area (Å²) in [5.41, 5.74) is 5.13. The van der Waals surface area contributed by atoms with Crippen LogP contribution in [0.4, 0.5) is 0 Å². The first-order chi connectivity index (χ1) is 5.84. The average molecular weight is 162 g/mol. The smallest absolute Gasteiger partial charge is 0.0644 e. The molecule has 0 unspecified atom stereocenters. The van der Waals surface area contributed by atoms with Gasteiger partial charge in [-0.3, -0.25) is 0 Å². The van der Waals surface area contributed by atoms with Crippen LogP contribution in [0.15, 0.2) is 35.4 Å². The molecule has 0 saturated heterocycles. The lowest BCUT2D eigenvalue weighted by atomic mass is 10.1. The summed E-state index contributed by atoms with van der Waals surface area (Å²) in [6.07, 6.45) is 0. The van der Waals surface area contributed by atoms with Gasteiger partial charge >= 0.3 is 0 Å². The highest BCUT2D eigenvalue weighted by molar-refractivity contribution is 5.98. The maximum absolute atomic E-state index is 4.18. The maximum Gasteiger partial charge on any atom is 0.0644 e. The van der Waals surface area contributed by atoms with Crippen LogP contribution in [0.2, 0.25) is 0 Å². The molecule has 64 valence electrons. The van der Waals surface area contributed by atoms with E-state index < -0.39 is 0 Å². The molecule has 1 rings (SSSR count). The highest BCUT2D eigenvalue weighted by atomic mass is 15.3. The topological polar surface area (TPSA) is 24.4 Å². The molecule has 0 radical (unpaired) electrons. The predicted octanol–water partition coefficient (Wildman–Crippen LogP) is 2.02. The molecule has 0 atom stereocenters. The van der Waals surface area contributed by atoms with Gasteiger partial charge in [-0.1, -0.05) is 30.3 Å². The zero-order chi connectivity index (χ0) is 8.81. The predicted molar refractivity (Wildman–Crippen MR) is 52.3 cm³/mol. The molecule has 0 fully saturated rings. The Morgan fingerprint density at radius 1 is 1.33 bits per heavy atom. The van der Waals surface area contributed by atoms with Crippen molar-refractivity contribution < 1.29 is 0 Å². The van der Waals surface area contributed by atoms with E-state index in [4.69, 9.17) is 0 Å². The van der Waals surface area contributed by atoms with Gasteiger partial charge in [-0.15, -0.1) is 0 Å². The number of hydrazone groups is 1. The molecule has 0 saturated carbocycles. The second-order valence-electron chi connectivity index (χ2n) is 2.57. The Morgan fingerprint density at radius 2 is 2.00 bits per heavy atom. The number of benzene rings is 1. The number of rotatable bonds is 3. The highest BCUT2D eigenvalue weighted by Crippen LogP contribution is 1.99. The third-order valence-corrected chi connectivity index (χ3v) is 1.60. The number of nitrogens with one attached hydrogen (secondary N) is 1. The van der Waals surface area contributed by atoms with Crippen LogP contribution in [0.25, 0.3) is 0 Å². The van der Waals surface area contributed by atoms with Crippen LogP contribution in [-0.4, -0.2) is 12.3 Å². The Bertz CT molecular complexity index is 252. The van der Waals surface area contributed by atoms with Crippen LogP contribution in [0, 0.1) is 0 Å². The first-order valence-corrected chi connectivity index (χ1v) is 4.17. The first kappa shape index (κ1) is 8.78. The number of hydrogen-bond donors (Lipinski definition) is 1. The summed E-state index contributed by atoms with van der Waals surface area (Å²) < 4.78 is 0. The van der Waals surface area contributed by atoms with E-state index in [1.807, 2.05) is 32.0 Å². The van der Waals surface area contributed by atoms with Crippen molar-refractivity contribution in [2.45, 2.75) is 13.8 Å². The van der Waals surface area contributed by atoms with Crippen molar-refractivity contribution in [3.05, 3.63) is 35.9 Å². The SMILES string of the molecule is CCNN=C(C)c1ccccc1. The molecule has 0 spiro atoms. The van der Waals surface area contributed by atoms with Crippen molar-refractivity contribution >= 4 is 5.71 Å². The molecule has 0 aliphatic rings. The van der Waals surface area contributed by atoms with Gasteiger partial charge in [0.05, 0.1) is 5.71 Å². The third kappa shape index (κ3) is 2.38. The summed E-state index contributed by atoms with van der Waals surface area (Å²) in [5.74, 6) is 0. The minimum atomic E-state index is 0.865. The average Bonchev–Trinajstić information content (AvgIpc) is 2.15. The molecule has 1 aromatic carbocycles. The van der Waals surface area contributed by atoms with E-state index in [2.05, 4.69) is 22.7 Å². The fourth-order valence-electron chi connectivity index (χ4n) is 0.942. The Morgan fingerprint density at radius 3 is 2.58 bits per heavy atom. The minimum absolute atomic E-state index is 0.865. The summed E-state index contributed by atoms with van der Waals surface area (Å²) in [6.45, 7) is 4.89. The summed E-state index contributed by atoms with van der Waals surface area (Å²) in [7, 11) is 0. The lowest BCUT2D eigenvalue weighted by Crippen LogP contribution is -2.07. The Labute approximate surface area is 73.3 Å². The van der Waals surface area contributed by atoms with Crippen LogP contribution in [0.5, 0.6) is 0 Å². The van der Waals surface area contributed by atoms with E-state index in [0.29, 0.717) is 0 Å². The molecule has 0 bridgehead atoms. The largest absolute Gasteiger partial charge is 0.310 e. The summed E-state index contributed by atoms with van der Waals surface area (Å²) in [6, 6.07) is 10.1. The van der Waals surface area contributed by atoms with Crippen molar-refractivity contribution in [3.8, 4) is 0 Å². The third-order valence-electron chi connectivity index (χ3n) is 1.60. The van der Waals surface area contributed by atoms with Gasteiger partial charge in [0.15, 0.2) is 0 Å². The van der Waals surface area contributed by atoms with Crippen molar-refractivity contribution in [2.24, 2.45) is 5.10 Å². The Balaban J connectivity index is 2.71. The normalized spacial score (nSPS) is 11.3. The molecule has 0 amide bonds. The maximum atomic E-state index is 4.18. The molecule has 0 aliphatic carbocycles. The standard InChI is InChI=1S/C10H14N2/c1-3-11-12-9(2)10-7-5-4-6-8-10/h4-8,11H,3H2,1-2H3. The Kier molecular flexibility index (Phi) is 3.33. The van der Waals surface area contributed by atoms with E-state index >= 15 is 0 Å².